The van der Waals surface area contributed by atoms with Crippen LogP contribution < -0.4 is 10.1 Å². The van der Waals surface area contributed by atoms with Crippen LogP contribution in [0, 0.1) is 17.6 Å². The van der Waals surface area contributed by atoms with Gasteiger partial charge in [-0.25, -0.2) is 13.6 Å². The predicted molar refractivity (Wildman–Crippen MR) is 110 cm³/mol. The van der Waals surface area contributed by atoms with Gasteiger partial charge in [0.15, 0.2) is 11.6 Å². The van der Waals surface area contributed by atoms with Gasteiger partial charge in [-0.1, -0.05) is 18.2 Å². The first-order valence-electron chi connectivity index (χ1n) is 10.1. The molecule has 160 valence electrons. The third-order valence-corrected chi connectivity index (χ3v) is 6.25. The summed E-state index contributed by atoms with van der Waals surface area (Å²) >= 11 is 0. The lowest BCUT2D eigenvalue weighted by Gasteiger charge is -2.33. The number of amides is 3. The van der Waals surface area contributed by atoms with Crippen LogP contribution in [0.3, 0.4) is 0 Å². The van der Waals surface area contributed by atoms with E-state index in [9.17, 15) is 18.4 Å². The molecule has 2 heterocycles. The van der Waals surface area contributed by atoms with Crippen LogP contribution in [0.2, 0.25) is 0 Å². The van der Waals surface area contributed by atoms with E-state index in [2.05, 4.69) is 11.4 Å². The van der Waals surface area contributed by atoms with Crippen molar-refractivity contribution >= 4 is 23.2 Å². The fraction of sp³-hybridized carbons (Fsp3) is 0.304. The van der Waals surface area contributed by atoms with Crippen molar-refractivity contribution in [1.82, 2.24) is 9.80 Å². The lowest BCUT2D eigenvalue weighted by Crippen LogP contribution is -2.48. The van der Waals surface area contributed by atoms with Crippen molar-refractivity contribution in [2.45, 2.75) is 19.0 Å². The Balaban J connectivity index is 1.31. The summed E-state index contributed by atoms with van der Waals surface area (Å²) in [5.74, 6) is -1.15. The standard InChI is InChI=1S/C23H21F2N3O3/c1-31-15-4-2-14(3-5-15)16-8-13-9-20(16)28(10-13)21(29)12-27-11-17-19(26-23(27)30)7-6-18(24)22(17)25/h2-8,13,20H,9-12H2,1H3,(H,26,30)/t13-,20-/m0/s1. The van der Waals surface area contributed by atoms with Gasteiger partial charge in [-0.15, -0.1) is 0 Å². The van der Waals surface area contributed by atoms with Crippen molar-refractivity contribution in [3.8, 4) is 5.75 Å². The molecule has 3 aliphatic rings. The van der Waals surface area contributed by atoms with Gasteiger partial charge >= 0.3 is 6.03 Å². The molecule has 0 radical (unpaired) electrons. The third-order valence-electron chi connectivity index (χ3n) is 6.25. The summed E-state index contributed by atoms with van der Waals surface area (Å²) in [7, 11) is 1.61. The van der Waals surface area contributed by atoms with Crippen molar-refractivity contribution in [3.63, 3.8) is 0 Å². The van der Waals surface area contributed by atoms with Gasteiger partial charge in [0, 0.05) is 12.1 Å². The molecule has 2 aromatic carbocycles. The van der Waals surface area contributed by atoms with Crippen LogP contribution in [-0.4, -0.2) is 48.0 Å². The fourth-order valence-corrected chi connectivity index (χ4v) is 4.70. The summed E-state index contributed by atoms with van der Waals surface area (Å²) in [6.07, 6.45) is 3.06. The number of carbonyl (C=O) groups is 2. The molecule has 3 amide bonds. The van der Waals surface area contributed by atoms with Crippen molar-refractivity contribution in [1.29, 1.82) is 0 Å². The molecule has 31 heavy (non-hydrogen) atoms. The number of nitrogens with zero attached hydrogens (tertiary/aromatic N) is 2. The maximum atomic E-state index is 14.2. The Labute approximate surface area is 178 Å². The first-order chi connectivity index (χ1) is 14.9. The Hall–Kier alpha value is -3.42. The van der Waals surface area contributed by atoms with Gasteiger partial charge in [0.2, 0.25) is 5.91 Å². The Morgan fingerprint density at radius 2 is 1.97 bits per heavy atom. The first kappa shape index (κ1) is 19.5. The maximum Gasteiger partial charge on any atom is 0.322 e. The number of hydrogen-bond donors (Lipinski definition) is 1. The summed E-state index contributed by atoms with van der Waals surface area (Å²) in [6, 6.07) is 9.47. The largest absolute Gasteiger partial charge is 0.497 e. The quantitative estimate of drug-likeness (QED) is 0.814. The van der Waals surface area contributed by atoms with E-state index in [1.807, 2.05) is 24.3 Å². The Morgan fingerprint density at radius 3 is 2.68 bits per heavy atom. The number of methoxy groups -OCH3 is 1. The molecule has 2 atom stereocenters. The van der Waals surface area contributed by atoms with E-state index in [4.69, 9.17) is 4.74 Å². The minimum atomic E-state index is -1.00. The summed E-state index contributed by atoms with van der Waals surface area (Å²) in [4.78, 5) is 28.5. The van der Waals surface area contributed by atoms with E-state index in [0.717, 1.165) is 29.4 Å². The molecule has 2 bridgehead atoms. The van der Waals surface area contributed by atoms with Gasteiger partial charge in [0.05, 0.1) is 25.4 Å². The zero-order chi connectivity index (χ0) is 21.7. The fourth-order valence-electron chi connectivity index (χ4n) is 4.70. The Bertz CT molecular complexity index is 1100. The summed E-state index contributed by atoms with van der Waals surface area (Å²) in [6.45, 7) is 0.248. The van der Waals surface area contributed by atoms with Crippen LogP contribution in [0.15, 0.2) is 42.5 Å². The average Bonchev–Trinajstić information content (AvgIpc) is 3.39. The molecule has 5 rings (SSSR count). The minimum Gasteiger partial charge on any atom is -0.497 e. The Morgan fingerprint density at radius 1 is 1.19 bits per heavy atom. The number of carbonyl (C=O) groups excluding carboxylic acids is 2. The van der Waals surface area contributed by atoms with E-state index < -0.39 is 17.7 Å². The van der Waals surface area contributed by atoms with E-state index >= 15 is 0 Å². The second-order valence-electron chi connectivity index (χ2n) is 8.08. The highest BCUT2D eigenvalue weighted by molar-refractivity contribution is 5.95. The molecule has 1 saturated heterocycles. The molecule has 1 aliphatic carbocycles. The number of rotatable bonds is 4. The normalized spacial score (nSPS) is 21.6. The molecule has 0 unspecified atom stereocenters. The molecular formula is C23H21F2N3O3. The first-order valence-corrected chi connectivity index (χ1v) is 10.1. The molecule has 0 saturated carbocycles. The molecule has 6 nitrogen and oxygen atoms in total. The van der Waals surface area contributed by atoms with Gasteiger partial charge in [-0.05, 0) is 47.7 Å². The highest BCUT2D eigenvalue weighted by Crippen LogP contribution is 2.42. The lowest BCUT2D eigenvalue weighted by molar-refractivity contribution is -0.132. The van der Waals surface area contributed by atoms with Crippen LogP contribution in [0.5, 0.6) is 5.75 Å². The topological polar surface area (TPSA) is 61.9 Å². The molecular weight excluding hydrogens is 404 g/mol. The van der Waals surface area contributed by atoms with Crippen LogP contribution in [0.25, 0.3) is 5.57 Å². The van der Waals surface area contributed by atoms with E-state index in [1.165, 1.54) is 11.0 Å². The zero-order valence-corrected chi connectivity index (χ0v) is 16.9. The van der Waals surface area contributed by atoms with Crippen molar-refractivity contribution < 1.29 is 23.1 Å². The number of ether oxygens (including phenoxy) is 1. The number of benzene rings is 2. The highest BCUT2D eigenvalue weighted by Gasteiger charge is 2.42. The predicted octanol–water partition coefficient (Wildman–Crippen LogP) is 3.64. The third kappa shape index (κ3) is 3.32. The number of hydrogen-bond acceptors (Lipinski definition) is 3. The van der Waals surface area contributed by atoms with E-state index in [-0.39, 0.29) is 42.2 Å². The second kappa shape index (κ2) is 7.37. The molecule has 8 heteroatoms. The van der Waals surface area contributed by atoms with Gasteiger partial charge < -0.3 is 19.9 Å². The van der Waals surface area contributed by atoms with Crippen LogP contribution >= 0.6 is 0 Å². The zero-order valence-electron chi connectivity index (χ0n) is 16.9. The van der Waals surface area contributed by atoms with Crippen LogP contribution in [0.1, 0.15) is 17.5 Å². The van der Waals surface area contributed by atoms with Gasteiger partial charge in [0.25, 0.3) is 0 Å². The summed E-state index contributed by atoms with van der Waals surface area (Å²) in [5.41, 5.74) is 2.41. The molecule has 1 N–H and O–H groups in total. The van der Waals surface area contributed by atoms with Gasteiger partial charge in [-0.2, -0.15) is 0 Å². The monoisotopic (exact) mass is 425 g/mol. The smallest absolute Gasteiger partial charge is 0.322 e. The minimum absolute atomic E-state index is 0.0501. The second-order valence-corrected chi connectivity index (χ2v) is 8.08. The van der Waals surface area contributed by atoms with Gasteiger partial charge in [-0.3, -0.25) is 4.79 Å². The summed E-state index contributed by atoms with van der Waals surface area (Å²) < 4.78 is 33.0. The highest BCUT2D eigenvalue weighted by atomic mass is 19.2. The van der Waals surface area contributed by atoms with Crippen molar-refractivity contribution in [3.05, 3.63) is 65.2 Å². The van der Waals surface area contributed by atoms with Crippen LogP contribution in [0.4, 0.5) is 19.3 Å². The number of anilines is 1. The SMILES string of the molecule is COc1ccc(C2=C[C@H]3C[C@@H]2N(C(=O)CN2Cc4c(ccc(F)c4F)NC2=O)C3)cc1. The number of likely N-dealkylation sites (tertiary alicyclic amines) is 1. The average molecular weight is 425 g/mol. The van der Waals surface area contributed by atoms with Crippen molar-refractivity contribution in [2.24, 2.45) is 5.92 Å². The molecule has 2 aliphatic heterocycles. The summed E-state index contributed by atoms with van der Waals surface area (Å²) in [5, 5.41) is 2.54. The molecule has 1 fully saturated rings. The number of nitrogens with one attached hydrogen (secondary N) is 1. The van der Waals surface area contributed by atoms with E-state index in [0.29, 0.717) is 6.54 Å². The molecule has 0 spiro atoms. The van der Waals surface area contributed by atoms with Gasteiger partial charge in [0.1, 0.15) is 12.3 Å². The lowest BCUT2D eigenvalue weighted by atomic mass is 10.00. The number of halogens is 2. The van der Waals surface area contributed by atoms with Crippen LogP contribution in [-0.2, 0) is 11.3 Å². The number of fused-ring (bicyclic) bond motifs is 3. The van der Waals surface area contributed by atoms with E-state index in [1.54, 1.807) is 12.0 Å². The number of urea groups is 1. The Kier molecular flexibility index (Phi) is 4.64. The van der Waals surface area contributed by atoms with Crippen molar-refractivity contribution in [2.75, 3.05) is 25.5 Å². The molecule has 0 aromatic heterocycles. The molecule has 2 aromatic rings. The maximum absolute atomic E-state index is 14.2.